The van der Waals surface area contributed by atoms with Gasteiger partial charge in [-0.25, -0.2) is 13.6 Å². The van der Waals surface area contributed by atoms with Crippen molar-refractivity contribution in [3.63, 3.8) is 0 Å². The zero-order valence-electron chi connectivity index (χ0n) is 10.8. The lowest BCUT2D eigenvalue weighted by Crippen LogP contribution is -2.17. The van der Waals surface area contributed by atoms with Crippen molar-refractivity contribution in [2.45, 2.75) is 11.3 Å². The van der Waals surface area contributed by atoms with Gasteiger partial charge in [-0.15, -0.1) is 0 Å². The van der Waals surface area contributed by atoms with E-state index in [1.807, 2.05) is 0 Å². The van der Waals surface area contributed by atoms with E-state index in [9.17, 15) is 13.2 Å². The molecule has 0 aliphatic rings. The van der Waals surface area contributed by atoms with E-state index in [0.29, 0.717) is 5.69 Å². The van der Waals surface area contributed by atoms with Gasteiger partial charge < -0.3 is 5.32 Å². The topological polar surface area (TPSA) is 102 Å². The third-order valence-electron chi connectivity index (χ3n) is 2.61. The number of aromatic nitrogens is 1. The second-order valence-electron chi connectivity index (χ2n) is 4.23. The number of sulfonamides is 1. The molecule has 0 fully saturated rings. The van der Waals surface area contributed by atoms with Crippen LogP contribution in [0.3, 0.4) is 0 Å². The molecule has 0 aliphatic carbocycles. The second-order valence-corrected chi connectivity index (χ2v) is 6.20. The quantitative estimate of drug-likeness (QED) is 0.890. The van der Waals surface area contributed by atoms with E-state index < -0.39 is 10.0 Å². The van der Waals surface area contributed by atoms with Gasteiger partial charge in [-0.05, 0) is 30.3 Å². The number of nitrogens with one attached hydrogen (secondary N) is 1. The molecule has 1 heterocycles. The second kappa shape index (κ2) is 6.21. The number of carbonyl (C=O) groups is 1. The molecule has 8 heteroatoms. The van der Waals surface area contributed by atoms with Crippen LogP contribution in [0, 0.1) is 0 Å². The third kappa shape index (κ3) is 4.25. The molecule has 2 aromatic rings. The van der Waals surface area contributed by atoms with E-state index in [0.717, 1.165) is 0 Å². The first kappa shape index (κ1) is 15.4. The molecule has 1 aromatic heterocycles. The Labute approximate surface area is 127 Å². The van der Waals surface area contributed by atoms with Crippen LogP contribution in [-0.4, -0.2) is 19.3 Å². The van der Waals surface area contributed by atoms with Crippen LogP contribution < -0.4 is 10.5 Å². The fourth-order valence-electron chi connectivity index (χ4n) is 1.64. The molecule has 110 valence electrons. The molecule has 0 bridgehead atoms. The zero-order valence-corrected chi connectivity index (χ0v) is 12.4. The van der Waals surface area contributed by atoms with Crippen molar-refractivity contribution in [3.05, 3.63) is 53.3 Å². The number of nitrogens with zero attached hydrogens (tertiary/aromatic N) is 1. The number of hydrogen-bond donors (Lipinski definition) is 2. The highest BCUT2D eigenvalue weighted by Gasteiger charge is 2.13. The van der Waals surface area contributed by atoms with Crippen LogP contribution in [0.15, 0.2) is 47.5 Å². The summed E-state index contributed by atoms with van der Waals surface area (Å²) in [5, 5.41) is 7.80. The lowest BCUT2D eigenvalue weighted by Gasteiger charge is -2.08. The first-order chi connectivity index (χ1) is 9.86. The Bertz CT molecular complexity index is 763. The SMILES string of the molecule is NS(=O)(=O)c1ccc(Cl)c(NC(=O)Cc2ccccn2)c1. The molecule has 2 rings (SSSR count). The molecule has 3 N–H and O–H groups in total. The highest BCUT2D eigenvalue weighted by molar-refractivity contribution is 7.89. The molecule has 0 spiro atoms. The highest BCUT2D eigenvalue weighted by atomic mass is 35.5. The Morgan fingerprint density at radius 3 is 2.67 bits per heavy atom. The molecule has 0 radical (unpaired) electrons. The van der Waals surface area contributed by atoms with Gasteiger partial charge in [0.15, 0.2) is 0 Å². The van der Waals surface area contributed by atoms with E-state index in [2.05, 4.69) is 10.3 Å². The molecular formula is C13H12ClN3O3S. The molecule has 0 saturated carbocycles. The van der Waals surface area contributed by atoms with Crippen molar-refractivity contribution in [1.29, 1.82) is 0 Å². The summed E-state index contributed by atoms with van der Waals surface area (Å²) in [7, 11) is -3.86. The van der Waals surface area contributed by atoms with Crippen molar-refractivity contribution in [2.75, 3.05) is 5.32 Å². The lowest BCUT2D eigenvalue weighted by atomic mass is 10.2. The maximum atomic E-state index is 11.9. The average molecular weight is 326 g/mol. The zero-order chi connectivity index (χ0) is 15.5. The predicted octanol–water partition coefficient (Wildman–Crippen LogP) is 1.56. The maximum Gasteiger partial charge on any atom is 0.238 e. The normalized spacial score (nSPS) is 11.1. The van der Waals surface area contributed by atoms with E-state index in [1.165, 1.54) is 18.2 Å². The van der Waals surface area contributed by atoms with Crippen LogP contribution in [0.1, 0.15) is 5.69 Å². The lowest BCUT2D eigenvalue weighted by molar-refractivity contribution is -0.115. The van der Waals surface area contributed by atoms with E-state index in [-0.39, 0.29) is 27.9 Å². The Balaban J connectivity index is 2.17. The number of primary sulfonamides is 1. The molecule has 0 aliphatic heterocycles. The van der Waals surface area contributed by atoms with Gasteiger partial charge in [0, 0.05) is 11.9 Å². The average Bonchev–Trinajstić information content (AvgIpc) is 2.41. The molecular weight excluding hydrogens is 314 g/mol. The van der Waals surface area contributed by atoms with Crippen LogP contribution in [0.25, 0.3) is 0 Å². The summed E-state index contributed by atoms with van der Waals surface area (Å²) >= 11 is 5.93. The number of pyridine rings is 1. The molecule has 1 amide bonds. The third-order valence-corrected chi connectivity index (χ3v) is 3.85. The minimum Gasteiger partial charge on any atom is -0.324 e. The van der Waals surface area contributed by atoms with Crippen molar-refractivity contribution >= 4 is 33.2 Å². The Morgan fingerprint density at radius 2 is 2.05 bits per heavy atom. The Kier molecular flexibility index (Phi) is 4.56. The van der Waals surface area contributed by atoms with Crippen LogP contribution in [0.5, 0.6) is 0 Å². The summed E-state index contributed by atoms with van der Waals surface area (Å²) in [6.45, 7) is 0. The van der Waals surface area contributed by atoms with Gasteiger partial charge in [0.1, 0.15) is 0 Å². The number of rotatable bonds is 4. The molecule has 0 atom stereocenters. The number of benzene rings is 1. The van der Waals surface area contributed by atoms with Gasteiger partial charge in [0.05, 0.1) is 22.0 Å². The number of amides is 1. The maximum absolute atomic E-state index is 11.9. The van der Waals surface area contributed by atoms with Crippen LogP contribution >= 0.6 is 11.6 Å². The molecule has 6 nitrogen and oxygen atoms in total. The minimum atomic E-state index is -3.86. The minimum absolute atomic E-state index is 0.0524. The summed E-state index contributed by atoms with van der Waals surface area (Å²) in [6, 6.07) is 9.07. The fourth-order valence-corrected chi connectivity index (χ4v) is 2.34. The van der Waals surface area contributed by atoms with Crippen LogP contribution in [-0.2, 0) is 21.2 Å². The predicted molar refractivity (Wildman–Crippen MR) is 79.4 cm³/mol. The largest absolute Gasteiger partial charge is 0.324 e. The molecule has 0 unspecified atom stereocenters. The summed E-state index contributed by atoms with van der Waals surface area (Å²) in [5.74, 6) is -0.359. The molecule has 21 heavy (non-hydrogen) atoms. The summed E-state index contributed by atoms with van der Waals surface area (Å²) in [5.41, 5.74) is 0.776. The molecule has 1 aromatic carbocycles. The van der Waals surface area contributed by atoms with E-state index in [1.54, 1.807) is 24.4 Å². The van der Waals surface area contributed by atoms with Gasteiger partial charge >= 0.3 is 0 Å². The Hall–Kier alpha value is -1.96. The number of hydrogen-bond acceptors (Lipinski definition) is 4. The van der Waals surface area contributed by atoms with Gasteiger partial charge in [0.25, 0.3) is 0 Å². The van der Waals surface area contributed by atoms with Crippen molar-refractivity contribution < 1.29 is 13.2 Å². The highest BCUT2D eigenvalue weighted by Crippen LogP contribution is 2.24. The standard InChI is InChI=1S/C13H12ClN3O3S/c14-11-5-4-10(21(15,19)20)8-12(11)17-13(18)7-9-3-1-2-6-16-9/h1-6,8H,7H2,(H,17,18)(H2,15,19,20). The monoisotopic (exact) mass is 325 g/mol. The van der Waals surface area contributed by atoms with Gasteiger partial charge in [0.2, 0.25) is 15.9 Å². The van der Waals surface area contributed by atoms with E-state index >= 15 is 0 Å². The first-order valence-corrected chi connectivity index (χ1v) is 7.81. The van der Waals surface area contributed by atoms with Crippen molar-refractivity contribution in [3.8, 4) is 0 Å². The number of nitrogens with two attached hydrogens (primary N) is 1. The van der Waals surface area contributed by atoms with Crippen LogP contribution in [0.4, 0.5) is 5.69 Å². The van der Waals surface area contributed by atoms with Crippen molar-refractivity contribution in [2.24, 2.45) is 5.14 Å². The number of carbonyl (C=O) groups excluding carboxylic acids is 1. The van der Waals surface area contributed by atoms with Gasteiger partial charge in [-0.2, -0.15) is 0 Å². The fraction of sp³-hybridized carbons (Fsp3) is 0.0769. The Morgan fingerprint density at radius 1 is 1.29 bits per heavy atom. The van der Waals surface area contributed by atoms with Gasteiger partial charge in [-0.3, -0.25) is 9.78 Å². The van der Waals surface area contributed by atoms with Crippen LogP contribution in [0.2, 0.25) is 5.02 Å². The number of halogens is 1. The van der Waals surface area contributed by atoms with Gasteiger partial charge in [-0.1, -0.05) is 17.7 Å². The molecule has 0 saturated heterocycles. The summed E-state index contributed by atoms with van der Waals surface area (Å²) < 4.78 is 22.6. The summed E-state index contributed by atoms with van der Waals surface area (Å²) in [6.07, 6.45) is 1.63. The number of anilines is 1. The smallest absolute Gasteiger partial charge is 0.238 e. The van der Waals surface area contributed by atoms with Crippen molar-refractivity contribution in [1.82, 2.24) is 4.98 Å². The summed E-state index contributed by atoms with van der Waals surface area (Å²) in [4.78, 5) is 15.8. The van der Waals surface area contributed by atoms with E-state index in [4.69, 9.17) is 16.7 Å². The first-order valence-electron chi connectivity index (χ1n) is 5.88.